The first kappa shape index (κ1) is 42.4. The van der Waals surface area contributed by atoms with Gasteiger partial charge in [-0.25, -0.2) is 0 Å². The van der Waals surface area contributed by atoms with Gasteiger partial charge in [0.1, 0.15) is 0 Å². The zero-order valence-electron chi connectivity index (χ0n) is 41.3. The van der Waals surface area contributed by atoms with Gasteiger partial charge in [0.15, 0.2) is 0 Å². The highest BCUT2D eigenvalue weighted by atomic mass is 15.0. The molecule has 0 unspecified atom stereocenters. The van der Waals surface area contributed by atoms with E-state index in [1.807, 2.05) is 0 Å². The summed E-state index contributed by atoms with van der Waals surface area (Å²) in [6, 6.07) is 103. The molecule has 4 nitrogen and oxygen atoms in total. The molecule has 0 saturated carbocycles. The van der Waals surface area contributed by atoms with Crippen LogP contribution in [0.3, 0.4) is 0 Å². The van der Waals surface area contributed by atoms with Crippen LogP contribution < -0.4 is 0 Å². The first-order chi connectivity index (χ1) is 37.7. The Labute approximate surface area is 438 Å². The van der Waals surface area contributed by atoms with Crippen molar-refractivity contribution in [3.05, 3.63) is 279 Å². The highest BCUT2D eigenvalue weighted by Gasteiger charge is 2.22. The second-order valence-corrected chi connectivity index (χ2v) is 20.1. The zero-order valence-corrected chi connectivity index (χ0v) is 41.3. The number of benzene rings is 12. The molecule has 0 radical (unpaired) electrons. The Morgan fingerprint density at radius 2 is 0.513 bits per heavy atom. The Kier molecular flexibility index (Phi) is 9.30. The number of aromatic nitrogens is 4. The maximum Gasteiger partial charge on any atom is 0.0619 e. The lowest BCUT2D eigenvalue weighted by atomic mass is 9.95. The summed E-state index contributed by atoms with van der Waals surface area (Å²) in [5.74, 6) is 0. The van der Waals surface area contributed by atoms with Gasteiger partial charge in [0.25, 0.3) is 0 Å². The van der Waals surface area contributed by atoms with E-state index in [1.165, 1.54) is 104 Å². The lowest BCUT2D eigenvalue weighted by Gasteiger charge is -2.16. The standard InChI is InChI=1S/C72H46N4/c1-3-17-47(18-4-1)50-35-41-70-62(43-50)63-46-55(40-42-71(63)73(70)52-19-5-2-6-20-52)76-69-30-16-11-25-60(69)64-45-51(48-31-36-53(37-32-48)74-65-26-12-7-21-56(65)57-22-8-13-27-66(57)74)44-61(72(64)76)49-33-38-54(39-34-49)75-67-28-14-9-23-58(67)59-24-10-15-29-68(59)75/h1-46H. The summed E-state index contributed by atoms with van der Waals surface area (Å²) in [5, 5.41) is 9.87. The molecule has 16 rings (SSSR count). The molecule has 4 aromatic heterocycles. The molecule has 0 aliphatic rings. The van der Waals surface area contributed by atoms with Crippen LogP contribution in [0, 0.1) is 0 Å². The first-order valence-corrected chi connectivity index (χ1v) is 26.2. The third-order valence-corrected chi connectivity index (χ3v) is 16.0. The van der Waals surface area contributed by atoms with Gasteiger partial charge in [-0.2, -0.15) is 0 Å². The van der Waals surface area contributed by atoms with Gasteiger partial charge >= 0.3 is 0 Å². The number of para-hydroxylation sites is 6. The van der Waals surface area contributed by atoms with Gasteiger partial charge in [-0.1, -0.05) is 170 Å². The molecule has 0 aliphatic heterocycles. The summed E-state index contributed by atoms with van der Waals surface area (Å²) < 4.78 is 9.73. The molecule has 0 spiro atoms. The molecule has 0 fully saturated rings. The average molecular weight is 967 g/mol. The first-order valence-electron chi connectivity index (χ1n) is 26.2. The normalized spacial score (nSPS) is 11.9. The van der Waals surface area contributed by atoms with E-state index >= 15 is 0 Å². The smallest absolute Gasteiger partial charge is 0.0619 e. The number of rotatable bonds is 7. The average Bonchev–Trinajstić information content (AvgIpc) is 4.25. The molecule has 0 bridgehead atoms. The van der Waals surface area contributed by atoms with Gasteiger partial charge in [-0.15, -0.1) is 0 Å². The SMILES string of the molecule is c1ccc(-c2ccc3c(c2)c2cc(-n4c5ccccc5c5cc(-c6ccc(-n7c8ccccc8c8ccccc87)cc6)cc(-c6ccc(-n7c8ccccc8c8ccccc87)cc6)c54)ccc2n3-c2ccccc2)cc1. The zero-order chi connectivity index (χ0) is 49.8. The molecule has 12 aromatic carbocycles. The number of fused-ring (bicyclic) bond motifs is 12. The highest BCUT2D eigenvalue weighted by molar-refractivity contribution is 6.17. The summed E-state index contributed by atoms with van der Waals surface area (Å²) in [6.45, 7) is 0. The van der Waals surface area contributed by atoms with Crippen LogP contribution in [0.2, 0.25) is 0 Å². The molecule has 354 valence electrons. The van der Waals surface area contributed by atoms with Crippen LogP contribution in [0.4, 0.5) is 0 Å². The Bertz CT molecular complexity index is 4850. The molecule has 4 heterocycles. The van der Waals surface area contributed by atoms with E-state index in [1.54, 1.807) is 0 Å². The fourth-order valence-electron chi connectivity index (χ4n) is 12.6. The van der Waals surface area contributed by atoms with E-state index in [9.17, 15) is 0 Å². The molecule has 16 aromatic rings. The molecule has 4 heteroatoms. The van der Waals surface area contributed by atoms with Crippen molar-refractivity contribution in [2.24, 2.45) is 0 Å². The largest absolute Gasteiger partial charge is 0.309 e. The van der Waals surface area contributed by atoms with Gasteiger partial charge in [-0.05, 0) is 137 Å². The van der Waals surface area contributed by atoms with Crippen LogP contribution in [-0.4, -0.2) is 18.3 Å². The van der Waals surface area contributed by atoms with Crippen molar-refractivity contribution in [3.63, 3.8) is 0 Å². The van der Waals surface area contributed by atoms with Gasteiger partial charge in [0.05, 0.1) is 44.1 Å². The predicted molar refractivity (Wildman–Crippen MR) is 320 cm³/mol. The Morgan fingerprint density at radius 3 is 1.04 bits per heavy atom. The fourth-order valence-corrected chi connectivity index (χ4v) is 12.6. The summed E-state index contributed by atoms with van der Waals surface area (Å²) in [6.07, 6.45) is 0. The van der Waals surface area contributed by atoms with E-state index in [4.69, 9.17) is 0 Å². The molecule has 0 atom stereocenters. The van der Waals surface area contributed by atoms with E-state index in [-0.39, 0.29) is 0 Å². The minimum atomic E-state index is 1.11. The van der Waals surface area contributed by atoms with Crippen molar-refractivity contribution in [2.75, 3.05) is 0 Å². The molecule has 0 amide bonds. The van der Waals surface area contributed by atoms with Crippen LogP contribution in [0.25, 0.3) is 143 Å². The van der Waals surface area contributed by atoms with Gasteiger partial charge in [-0.3, -0.25) is 0 Å². The molecular weight excluding hydrogens is 921 g/mol. The lowest BCUT2D eigenvalue weighted by molar-refractivity contribution is 1.16. The Morgan fingerprint density at radius 1 is 0.171 bits per heavy atom. The van der Waals surface area contributed by atoms with Crippen LogP contribution in [0.1, 0.15) is 0 Å². The van der Waals surface area contributed by atoms with Crippen LogP contribution in [-0.2, 0) is 0 Å². The van der Waals surface area contributed by atoms with E-state index in [0.29, 0.717) is 0 Å². The monoisotopic (exact) mass is 966 g/mol. The highest BCUT2D eigenvalue weighted by Crippen LogP contribution is 2.44. The number of hydrogen-bond acceptors (Lipinski definition) is 0. The number of hydrogen-bond donors (Lipinski definition) is 0. The Hall–Kier alpha value is -10.2. The summed E-state index contributed by atoms with van der Waals surface area (Å²) in [5.41, 5.74) is 21.1. The van der Waals surface area contributed by atoms with Crippen molar-refractivity contribution in [2.45, 2.75) is 0 Å². The second kappa shape index (κ2) is 16.7. The maximum atomic E-state index is 2.52. The third-order valence-electron chi connectivity index (χ3n) is 16.0. The predicted octanol–water partition coefficient (Wildman–Crippen LogP) is 19.1. The van der Waals surface area contributed by atoms with Crippen molar-refractivity contribution in [3.8, 4) is 56.1 Å². The lowest BCUT2D eigenvalue weighted by Crippen LogP contribution is -1.98. The third kappa shape index (κ3) is 6.38. The van der Waals surface area contributed by atoms with Crippen molar-refractivity contribution in [1.29, 1.82) is 0 Å². The summed E-state index contributed by atoms with van der Waals surface area (Å²) in [7, 11) is 0. The summed E-state index contributed by atoms with van der Waals surface area (Å²) >= 11 is 0. The van der Waals surface area contributed by atoms with E-state index in [2.05, 4.69) is 297 Å². The Balaban J connectivity index is 0.930. The van der Waals surface area contributed by atoms with E-state index in [0.717, 1.165) is 39.4 Å². The number of nitrogens with zero attached hydrogens (tertiary/aromatic N) is 4. The van der Waals surface area contributed by atoms with Gasteiger partial charge in [0, 0.05) is 71.4 Å². The van der Waals surface area contributed by atoms with Gasteiger partial charge < -0.3 is 18.3 Å². The van der Waals surface area contributed by atoms with Crippen molar-refractivity contribution >= 4 is 87.2 Å². The van der Waals surface area contributed by atoms with Crippen LogP contribution in [0.15, 0.2) is 279 Å². The quantitative estimate of drug-likeness (QED) is 0.152. The molecule has 0 N–H and O–H groups in total. The van der Waals surface area contributed by atoms with Crippen molar-refractivity contribution < 1.29 is 0 Å². The summed E-state index contributed by atoms with van der Waals surface area (Å²) in [4.78, 5) is 0. The fraction of sp³-hybridized carbons (Fsp3) is 0. The molecule has 0 saturated heterocycles. The second-order valence-electron chi connectivity index (χ2n) is 20.1. The van der Waals surface area contributed by atoms with Crippen LogP contribution >= 0.6 is 0 Å². The van der Waals surface area contributed by atoms with E-state index < -0.39 is 0 Å². The van der Waals surface area contributed by atoms with Gasteiger partial charge in [0.2, 0.25) is 0 Å². The van der Waals surface area contributed by atoms with Crippen LogP contribution in [0.5, 0.6) is 0 Å². The topological polar surface area (TPSA) is 19.7 Å². The minimum absolute atomic E-state index is 1.11. The van der Waals surface area contributed by atoms with Crippen molar-refractivity contribution in [1.82, 2.24) is 18.3 Å². The minimum Gasteiger partial charge on any atom is -0.309 e. The molecule has 76 heavy (non-hydrogen) atoms. The maximum absolute atomic E-state index is 2.52. The molecular formula is C72H46N4. The molecule has 0 aliphatic carbocycles.